The molecule has 0 spiro atoms. The third kappa shape index (κ3) is 4.43. The van der Waals surface area contributed by atoms with Crippen molar-refractivity contribution in [3.8, 4) is 0 Å². The molecule has 32 heavy (non-hydrogen) atoms. The second kappa shape index (κ2) is 9.20. The van der Waals surface area contributed by atoms with Crippen LogP contribution in [0.5, 0.6) is 0 Å². The maximum atomic E-state index is 12.9. The van der Waals surface area contributed by atoms with Crippen LogP contribution in [-0.2, 0) is 15.3 Å². The van der Waals surface area contributed by atoms with Gasteiger partial charge in [-0.25, -0.2) is 9.48 Å². The van der Waals surface area contributed by atoms with Gasteiger partial charge in [0, 0.05) is 11.4 Å². The Balaban J connectivity index is 1.69. The number of carbonyl (C=O) groups is 1. The van der Waals surface area contributed by atoms with Crippen LogP contribution in [0.4, 0.5) is 5.95 Å². The lowest BCUT2D eigenvalue weighted by molar-refractivity contribution is -0.139. The molecule has 2 heterocycles. The molecule has 1 atom stereocenters. The van der Waals surface area contributed by atoms with Gasteiger partial charge < -0.3 is 10.1 Å². The Morgan fingerprint density at radius 2 is 1.81 bits per heavy atom. The van der Waals surface area contributed by atoms with Crippen LogP contribution < -0.4 is 5.32 Å². The molecule has 1 N–H and O–H groups in total. The minimum absolute atomic E-state index is 0.317. The number of rotatable bonds is 6. The molecule has 0 radical (unpaired) electrons. The van der Waals surface area contributed by atoms with E-state index >= 15 is 0 Å². The van der Waals surface area contributed by atoms with Crippen molar-refractivity contribution in [3.05, 3.63) is 81.6 Å². The van der Waals surface area contributed by atoms with Gasteiger partial charge in [0.2, 0.25) is 11.1 Å². The first-order valence-electron chi connectivity index (χ1n) is 10.7. The molecule has 0 bridgehead atoms. The molecule has 4 rings (SSSR count). The normalized spacial score (nSPS) is 15.3. The molecule has 0 saturated heterocycles. The van der Waals surface area contributed by atoms with Crippen molar-refractivity contribution in [1.82, 2.24) is 14.8 Å². The predicted molar refractivity (Wildman–Crippen MR) is 128 cm³/mol. The smallest absolute Gasteiger partial charge is 0.338 e. The number of carbonyl (C=O) groups excluding carboxylic acids is 1. The van der Waals surface area contributed by atoms with Gasteiger partial charge in [-0.2, -0.15) is 4.98 Å². The molecular weight excluding hydrogens is 420 g/mol. The molecule has 0 saturated carbocycles. The van der Waals surface area contributed by atoms with Gasteiger partial charge in [-0.05, 0) is 51.3 Å². The molecule has 0 amide bonds. The van der Waals surface area contributed by atoms with Crippen molar-refractivity contribution in [3.63, 3.8) is 0 Å². The quantitative estimate of drug-likeness (QED) is 0.405. The summed E-state index contributed by atoms with van der Waals surface area (Å²) in [6.45, 7) is 10.3. The monoisotopic (exact) mass is 448 g/mol. The number of benzene rings is 2. The topological polar surface area (TPSA) is 69.0 Å². The fraction of sp³-hybridized carbons (Fsp3) is 0.320. The van der Waals surface area contributed by atoms with Crippen LogP contribution in [0.2, 0.25) is 0 Å². The fourth-order valence-corrected chi connectivity index (χ4v) is 4.71. The van der Waals surface area contributed by atoms with E-state index in [1.54, 1.807) is 16.4 Å². The van der Waals surface area contributed by atoms with E-state index in [0.717, 1.165) is 22.6 Å². The molecule has 1 aliphatic heterocycles. The summed E-state index contributed by atoms with van der Waals surface area (Å²) in [7, 11) is 0. The zero-order valence-corrected chi connectivity index (χ0v) is 19.9. The van der Waals surface area contributed by atoms with Crippen molar-refractivity contribution in [2.75, 3.05) is 11.9 Å². The Morgan fingerprint density at radius 1 is 1.09 bits per heavy atom. The van der Waals surface area contributed by atoms with E-state index in [9.17, 15) is 4.79 Å². The maximum Gasteiger partial charge on any atom is 0.338 e. The Hall–Kier alpha value is -3.06. The van der Waals surface area contributed by atoms with Crippen molar-refractivity contribution >= 4 is 23.7 Å². The number of aromatic nitrogens is 3. The van der Waals surface area contributed by atoms with Gasteiger partial charge in [-0.1, -0.05) is 65.4 Å². The Bertz CT molecular complexity index is 1180. The van der Waals surface area contributed by atoms with Gasteiger partial charge in [-0.15, -0.1) is 5.10 Å². The molecule has 6 nitrogen and oxygen atoms in total. The number of nitrogens with one attached hydrogen (secondary N) is 1. The van der Waals surface area contributed by atoms with Crippen LogP contribution >= 0.6 is 11.8 Å². The Kier molecular flexibility index (Phi) is 6.37. The number of ether oxygens (including phenoxy) is 1. The van der Waals surface area contributed by atoms with Crippen LogP contribution in [0.25, 0.3) is 0 Å². The molecule has 3 aromatic rings. The van der Waals surface area contributed by atoms with Gasteiger partial charge in [0.25, 0.3) is 0 Å². The first-order chi connectivity index (χ1) is 15.4. The fourth-order valence-electron chi connectivity index (χ4n) is 3.82. The SMILES string of the molecule is CCOC(=O)C1=C(C)Nc2nc(SCc3cc(C)ccc3C)nn2[C@@H]1c1ccc(C)cc1. The second-order valence-corrected chi connectivity index (χ2v) is 9.02. The summed E-state index contributed by atoms with van der Waals surface area (Å²) in [5, 5.41) is 8.71. The van der Waals surface area contributed by atoms with E-state index in [1.807, 2.05) is 45.0 Å². The summed E-state index contributed by atoms with van der Waals surface area (Å²) in [6.07, 6.45) is 0. The summed E-state index contributed by atoms with van der Waals surface area (Å²) in [4.78, 5) is 17.6. The third-order valence-electron chi connectivity index (χ3n) is 5.58. The zero-order chi connectivity index (χ0) is 22.8. The van der Waals surface area contributed by atoms with Crippen LogP contribution in [0, 0.1) is 20.8 Å². The highest BCUT2D eigenvalue weighted by Crippen LogP contribution is 2.37. The second-order valence-electron chi connectivity index (χ2n) is 8.08. The number of anilines is 1. The lowest BCUT2D eigenvalue weighted by Gasteiger charge is -2.28. The van der Waals surface area contributed by atoms with Crippen molar-refractivity contribution < 1.29 is 9.53 Å². The maximum absolute atomic E-state index is 12.9. The lowest BCUT2D eigenvalue weighted by atomic mass is 9.95. The number of fused-ring (bicyclic) bond motifs is 1. The van der Waals surface area contributed by atoms with Crippen LogP contribution in [0.1, 0.15) is 47.7 Å². The summed E-state index contributed by atoms with van der Waals surface area (Å²) < 4.78 is 7.18. The zero-order valence-electron chi connectivity index (χ0n) is 19.1. The van der Waals surface area contributed by atoms with Crippen LogP contribution in [0.3, 0.4) is 0 Å². The van der Waals surface area contributed by atoms with Gasteiger partial charge in [-0.3, -0.25) is 0 Å². The van der Waals surface area contributed by atoms with Gasteiger partial charge in [0.05, 0.1) is 12.2 Å². The average molecular weight is 449 g/mol. The minimum atomic E-state index is -0.395. The molecule has 166 valence electrons. The van der Waals surface area contributed by atoms with E-state index in [2.05, 4.69) is 37.4 Å². The summed E-state index contributed by atoms with van der Waals surface area (Å²) in [5.41, 5.74) is 7.18. The molecule has 0 unspecified atom stereocenters. The van der Waals surface area contributed by atoms with E-state index in [1.165, 1.54) is 16.7 Å². The van der Waals surface area contributed by atoms with Crippen LogP contribution in [0.15, 0.2) is 58.9 Å². The number of aryl methyl sites for hydroxylation is 3. The number of allylic oxidation sites excluding steroid dienone is 1. The standard InChI is InChI=1S/C25H28N4O2S/c1-6-31-23(30)21-18(5)26-24-27-25(32-14-20-13-16(3)7-10-17(20)4)28-29(24)22(21)19-11-8-15(2)9-12-19/h7-13,22H,6,14H2,1-5H3,(H,26,27,28)/t22-/m1/s1. The summed E-state index contributed by atoms with van der Waals surface area (Å²) in [6, 6.07) is 14.2. The third-order valence-corrected chi connectivity index (χ3v) is 6.47. The van der Waals surface area contributed by atoms with Crippen molar-refractivity contribution in [1.29, 1.82) is 0 Å². The molecule has 0 fully saturated rings. The van der Waals surface area contributed by atoms with E-state index in [0.29, 0.717) is 23.3 Å². The number of thioether (sulfide) groups is 1. The number of hydrogen-bond acceptors (Lipinski definition) is 6. The summed E-state index contributed by atoms with van der Waals surface area (Å²) >= 11 is 1.59. The van der Waals surface area contributed by atoms with E-state index in [-0.39, 0.29) is 5.97 Å². The van der Waals surface area contributed by atoms with Crippen molar-refractivity contribution in [2.24, 2.45) is 0 Å². The van der Waals surface area contributed by atoms with E-state index in [4.69, 9.17) is 14.8 Å². The Morgan fingerprint density at radius 3 is 2.53 bits per heavy atom. The van der Waals surface area contributed by atoms with Crippen molar-refractivity contribution in [2.45, 2.75) is 51.6 Å². The molecule has 0 aliphatic carbocycles. The highest BCUT2D eigenvalue weighted by atomic mass is 32.2. The molecule has 1 aromatic heterocycles. The largest absolute Gasteiger partial charge is 0.463 e. The number of nitrogens with zero attached hydrogens (tertiary/aromatic N) is 3. The first kappa shape index (κ1) is 22.1. The lowest BCUT2D eigenvalue weighted by Crippen LogP contribution is -2.29. The van der Waals surface area contributed by atoms with E-state index < -0.39 is 6.04 Å². The first-order valence-corrected chi connectivity index (χ1v) is 11.7. The molecular formula is C25H28N4O2S. The van der Waals surface area contributed by atoms with Crippen LogP contribution in [-0.4, -0.2) is 27.3 Å². The van der Waals surface area contributed by atoms with Gasteiger partial charge in [0.15, 0.2) is 0 Å². The average Bonchev–Trinajstić information content (AvgIpc) is 3.16. The number of hydrogen-bond donors (Lipinski definition) is 1. The highest BCUT2D eigenvalue weighted by Gasteiger charge is 2.35. The Labute approximate surface area is 193 Å². The highest BCUT2D eigenvalue weighted by molar-refractivity contribution is 7.98. The number of esters is 1. The molecule has 2 aromatic carbocycles. The minimum Gasteiger partial charge on any atom is -0.463 e. The summed E-state index contributed by atoms with van der Waals surface area (Å²) in [5.74, 6) is 1.07. The molecule has 1 aliphatic rings. The molecule has 7 heteroatoms. The van der Waals surface area contributed by atoms with Gasteiger partial charge in [0.1, 0.15) is 6.04 Å². The predicted octanol–water partition coefficient (Wildman–Crippen LogP) is 5.35. The van der Waals surface area contributed by atoms with Gasteiger partial charge >= 0.3 is 5.97 Å².